The summed E-state index contributed by atoms with van der Waals surface area (Å²) in [5.41, 5.74) is 1.73. The van der Waals surface area contributed by atoms with Crippen molar-refractivity contribution in [3.05, 3.63) is 23.9 Å². The number of fused-ring (bicyclic) bond motifs is 1. The van der Waals surface area contributed by atoms with E-state index in [4.69, 9.17) is 4.55 Å². The number of nitrogens with one attached hydrogen (secondary N) is 1. The fourth-order valence-corrected chi connectivity index (χ4v) is 1.77. The number of hydrogen-bond acceptors (Lipinski definition) is 5. The fraction of sp³-hybridized carbons (Fsp3) is 0.167. The maximum absolute atomic E-state index is 13.8. The minimum atomic E-state index is -4.92. The molecule has 0 aromatic heterocycles. The molecule has 1 unspecified atom stereocenters. The molecule has 76 valence electrons. The molecular weight excluding hydrogens is 215 g/mol. The Morgan fingerprint density at radius 2 is 2.36 bits per heavy atom. The number of hydrogen-bond donors (Lipinski definition) is 2. The molecule has 2 aliphatic rings. The Morgan fingerprint density at radius 1 is 1.64 bits per heavy atom. The Balaban J connectivity index is 2.59. The Hall–Kier alpha value is -1.41. The van der Waals surface area contributed by atoms with Crippen molar-refractivity contribution >= 4 is 15.8 Å². The fourth-order valence-electron chi connectivity index (χ4n) is 1.13. The van der Waals surface area contributed by atoms with Crippen LogP contribution in [0.1, 0.15) is 0 Å². The summed E-state index contributed by atoms with van der Waals surface area (Å²) in [6.07, 6.45) is 3.19. The third-order valence-electron chi connectivity index (χ3n) is 1.82. The molecule has 0 aromatic carbocycles. The van der Waals surface area contributed by atoms with Gasteiger partial charge in [0.15, 0.2) is 5.71 Å². The summed E-state index contributed by atoms with van der Waals surface area (Å²) < 4.78 is 44.1. The molecule has 14 heavy (non-hydrogen) atoms. The number of halogens is 1. The molecule has 0 radical (unpaired) electrons. The van der Waals surface area contributed by atoms with Gasteiger partial charge >= 0.3 is 15.1 Å². The molecule has 8 heteroatoms. The molecule has 0 spiro atoms. The summed E-state index contributed by atoms with van der Waals surface area (Å²) in [6.45, 7) is 0. The second kappa shape index (κ2) is 2.55. The highest BCUT2D eigenvalue weighted by Gasteiger charge is 2.51. The molecule has 0 aromatic rings. The number of hydroxylamine groups is 1. The van der Waals surface area contributed by atoms with Crippen LogP contribution in [0, 0.1) is 0 Å². The van der Waals surface area contributed by atoms with E-state index in [-0.39, 0.29) is 5.70 Å². The standard InChI is InChI=1S/C6H5FN2O4S/c7-6(14(10,11)12)3-1-2-4-5(6)9-13-8-4/h1-3,8H,(H,10,11,12). The van der Waals surface area contributed by atoms with E-state index in [9.17, 15) is 12.8 Å². The highest BCUT2D eigenvalue weighted by molar-refractivity contribution is 7.88. The van der Waals surface area contributed by atoms with E-state index < -0.39 is 20.8 Å². The van der Waals surface area contributed by atoms with Crippen LogP contribution in [0.25, 0.3) is 0 Å². The number of rotatable bonds is 1. The summed E-state index contributed by atoms with van der Waals surface area (Å²) in [5, 5.41) is 0.108. The van der Waals surface area contributed by atoms with Gasteiger partial charge < -0.3 is 0 Å². The van der Waals surface area contributed by atoms with Crippen LogP contribution in [0.4, 0.5) is 4.39 Å². The van der Waals surface area contributed by atoms with E-state index in [1.54, 1.807) is 0 Å². The van der Waals surface area contributed by atoms with Crippen LogP contribution in [0.3, 0.4) is 0 Å². The minimum absolute atomic E-state index is 0.0626. The van der Waals surface area contributed by atoms with Crippen LogP contribution in [0.15, 0.2) is 29.1 Å². The van der Waals surface area contributed by atoms with Gasteiger partial charge in [-0.1, -0.05) is 11.2 Å². The molecule has 0 saturated heterocycles. The monoisotopic (exact) mass is 220 g/mol. The summed E-state index contributed by atoms with van der Waals surface area (Å²) in [6, 6.07) is 0. The normalized spacial score (nSPS) is 29.9. The van der Waals surface area contributed by atoms with Crippen molar-refractivity contribution < 1.29 is 22.3 Å². The molecule has 1 aliphatic heterocycles. The molecule has 1 heterocycles. The van der Waals surface area contributed by atoms with Gasteiger partial charge in [-0.15, -0.1) is 0 Å². The predicted molar refractivity (Wildman–Crippen MR) is 44.3 cm³/mol. The van der Waals surface area contributed by atoms with Gasteiger partial charge in [-0.25, -0.2) is 4.39 Å². The van der Waals surface area contributed by atoms with Gasteiger partial charge in [0.25, 0.3) is 0 Å². The Bertz CT molecular complexity index is 466. The lowest BCUT2D eigenvalue weighted by Crippen LogP contribution is -2.42. The van der Waals surface area contributed by atoms with Gasteiger partial charge in [-0.2, -0.15) is 13.9 Å². The smallest absolute Gasteiger partial charge is 0.283 e. The first-order chi connectivity index (χ1) is 6.45. The quantitative estimate of drug-likeness (QED) is 0.602. The van der Waals surface area contributed by atoms with E-state index in [1.165, 1.54) is 6.08 Å². The topological polar surface area (TPSA) is 88.0 Å². The molecule has 1 atom stereocenters. The number of allylic oxidation sites excluding steroid dienone is 3. The van der Waals surface area contributed by atoms with Crippen LogP contribution in [-0.2, 0) is 15.1 Å². The van der Waals surface area contributed by atoms with Crippen LogP contribution >= 0.6 is 0 Å². The zero-order valence-corrected chi connectivity index (χ0v) is 7.45. The molecule has 0 fully saturated rings. The Morgan fingerprint density at radius 3 is 3.00 bits per heavy atom. The van der Waals surface area contributed by atoms with Gasteiger partial charge in [0, 0.05) is 0 Å². The number of alkyl halides is 1. The summed E-state index contributed by atoms with van der Waals surface area (Å²) in [5.74, 6) is 0. The highest BCUT2D eigenvalue weighted by atomic mass is 32.2. The van der Waals surface area contributed by atoms with Crippen LogP contribution in [0.2, 0.25) is 0 Å². The number of oxime groups is 1. The first kappa shape index (κ1) is 9.16. The Labute approximate surface area is 78.4 Å². The van der Waals surface area contributed by atoms with E-state index in [2.05, 4.69) is 15.6 Å². The lowest BCUT2D eigenvalue weighted by Gasteiger charge is -2.19. The predicted octanol–water partition coefficient (Wildman–Crippen LogP) is -0.115. The molecule has 0 saturated carbocycles. The van der Waals surface area contributed by atoms with E-state index >= 15 is 0 Å². The van der Waals surface area contributed by atoms with E-state index in [1.807, 2.05) is 0 Å². The molecule has 2 rings (SSSR count). The zero-order valence-electron chi connectivity index (χ0n) is 6.64. The maximum Gasteiger partial charge on any atom is 0.310 e. The van der Waals surface area contributed by atoms with Crippen molar-refractivity contribution in [2.45, 2.75) is 5.00 Å². The van der Waals surface area contributed by atoms with Crippen molar-refractivity contribution in [1.29, 1.82) is 0 Å². The van der Waals surface area contributed by atoms with Gasteiger partial charge in [-0.3, -0.25) is 9.49 Å². The van der Waals surface area contributed by atoms with Crippen LogP contribution in [0.5, 0.6) is 0 Å². The second-order valence-corrected chi connectivity index (χ2v) is 4.24. The van der Waals surface area contributed by atoms with Crippen molar-refractivity contribution in [3.8, 4) is 0 Å². The molecule has 6 nitrogen and oxygen atoms in total. The summed E-state index contributed by atoms with van der Waals surface area (Å²) in [4.78, 5) is 4.30. The third-order valence-corrected chi connectivity index (χ3v) is 2.90. The molecule has 2 N–H and O–H groups in total. The summed E-state index contributed by atoms with van der Waals surface area (Å²) in [7, 11) is -4.92. The largest absolute Gasteiger partial charge is 0.310 e. The lowest BCUT2D eigenvalue weighted by atomic mass is 10.1. The molecule has 1 aliphatic carbocycles. The molecule has 0 amide bonds. The minimum Gasteiger partial charge on any atom is -0.283 e. The summed E-state index contributed by atoms with van der Waals surface area (Å²) >= 11 is 0. The molecule has 0 bridgehead atoms. The SMILES string of the molecule is O=S(=O)(O)C1(F)C=CC=C2NON=C21. The van der Waals surface area contributed by atoms with Crippen molar-refractivity contribution in [2.75, 3.05) is 0 Å². The molecular formula is C6H5FN2O4S. The third kappa shape index (κ3) is 1.04. The van der Waals surface area contributed by atoms with Crippen molar-refractivity contribution in [2.24, 2.45) is 5.16 Å². The van der Waals surface area contributed by atoms with Gasteiger partial charge in [-0.05, 0) is 12.2 Å². The van der Waals surface area contributed by atoms with Crippen molar-refractivity contribution in [3.63, 3.8) is 0 Å². The van der Waals surface area contributed by atoms with Gasteiger partial charge in [0.2, 0.25) is 0 Å². The van der Waals surface area contributed by atoms with Gasteiger partial charge in [0.1, 0.15) is 5.70 Å². The van der Waals surface area contributed by atoms with Crippen LogP contribution < -0.4 is 5.48 Å². The van der Waals surface area contributed by atoms with E-state index in [0.29, 0.717) is 6.08 Å². The average molecular weight is 220 g/mol. The average Bonchev–Trinajstić information content (AvgIpc) is 2.51. The van der Waals surface area contributed by atoms with Crippen molar-refractivity contribution in [1.82, 2.24) is 5.48 Å². The van der Waals surface area contributed by atoms with Crippen LogP contribution in [-0.4, -0.2) is 23.7 Å². The maximum atomic E-state index is 13.8. The number of nitrogens with zero attached hydrogens (tertiary/aromatic N) is 1. The lowest BCUT2D eigenvalue weighted by molar-refractivity contribution is 0.0902. The first-order valence-electron chi connectivity index (χ1n) is 3.51. The zero-order chi connectivity index (χ0) is 10.4. The highest BCUT2D eigenvalue weighted by Crippen LogP contribution is 2.30. The second-order valence-electron chi connectivity index (χ2n) is 2.69. The van der Waals surface area contributed by atoms with E-state index in [0.717, 1.165) is 6.08 Å². The first-order valence-corrected chi connectivity index (χ1v) is 4.95. The van der Waals surface area contributed by atoms with Gasteiger partial charge in [0.05, 0.1) is 0 Å². The Kier molecular flexibility index (Phi) is 1.67.